The van der Waals surface area contributed by atoms with Gasteiger partial charge < -0.3 is 10.2 Å². The van der Waals surface area contributed by atoms with Crippen LogP contribution in [0.1, 0.15) is 106 Å². The van der Waals surface area contributed by atoms with Crippen molar-refractivity contribution < 1.29 is 19.8 Å². The number of carboxylic acids is 1. The van der Waals surface area contributed by atoms with Gasteiger partial charge in [0.05, 0.1) is 11.5 Å². The van der Waals surface area contributed by atoms with E-state index in [1.165, 1.54) is 5.57 Å². The predicted molar refractivity (Wildman–Crippen MR) is 139 cm³/mol. The molecular formula is C30H46KO4. The van der Waals surface area contributed by atoms with Crippen LogP contribution in [0.4, 0.5) is 0 Å². The van der Waals surface area contributed by atoms with E-state index >= 15 is 0 Å². The van der Waals surface area contributed by atoms with Gasteiger partial charge in [0.1, 0.15) is 0 Å². The van der Waals surface area contributed by atoms with Gasteiger partial charge in [0.2, 0.25) is 0 Å². The Morgan fingerprint density at radius 3 is 2.17 bits per heavy atom. The fourth-order valence-electron chi connectivity index (χ4n) is 10.4. The Hall–Kier alpha value is 0.476. The van der Waals surface area contributed by atoms with Gasteiger partial charge >= 0.3 is 5.97 Å². The van der Waals surface area contributed by atoms with Gasteiger partial charge in [-0.1, -0.05) is 47.1 Å². The van der Waals surface area contributed by atoms with Crippen LogP contribution in [0, 0.1) is 50.2 Å². The second-order valence-electron chi connectivity index (χ2n) is 14.9. The molecule has 0 saturated heterocycles. The van der Waals surface area contributed by atoms with Gasteiger partial charge in [0, 0.05) is 57.3 Å². The molecule has 35 heavy (non-hydrogen) atoms. The molecule has 2 N–H and O–H groups in total. The van der Waals surface area contributed by atoms with E-state index in [1.807, 2.05) is 13.0 Å². The summed E-state index contributed by atoms with van der Waals surface area (Å²) in [6, 6.07) is 0. The molecule has 4 fully saturated rings. The van der Waals surface area contributed by atoms with Gasteiger partial charge in [-0.05, 0) is 110 Å². The quantitative estimate of drug-likeness (QED) is 0.423. The van der Waals surface area contributed by atoms with E-state index in [1.54, 1.807) is 0 Å². The molecule has 0 aliphatic heterocycles. The molecule has 5 heteroatoms. The molecule has 0 aromatic rings. The Morgan fingerprint density at radius 2 is 1.54 bits per heavy atom. The molecule has 5 aliphatic rings. The number of hydrogen-bond donors (Lipinski definition) is 2. The normalized spacial score (nSPS) is 52.6. The summed E-state index contributed by atoms with van der Waals surface area (Å²) in [4.78, 5) is 26.4. The molecular weight excluding hydrogens is 463 g/mol. The van der Waals surface area contributed by atoms with Gasteiger partial charge in [0.25, 0.3) is 0 Å². The van der Waals surface area contributed by atoms with Gasteiger partial charge in [0.15, 0.2) is 5.78 Å². The molecule has 9 atom stereocenters. The summed E-state index contributed by atoms with van der Waals surface area (Å²) >= 11 is 0. The van der Waals surface area contributed by atoms with Crippen molar-refractivity contribution in [3.05, 3.63) is 11.6 Å². The minimum absolute atomic E-state index is 0. The van der Waals surface area contributed by atoms with Gasteiger partial charge in [-0.2, -0.15) is 0 Å². The van der Waals surface area contributed by atoms with Crippen molar-refractivity contribution in [3.63, 3.8) is 0 Å². The zero-order valence-electron chi connectivity index (χ0n) is 23.5. The van der Waals surface area contributed by atoms with Crippen LogP contribution in [0.15, 0.2) is 11.6 Å². The number of fused-ring (bicyclic) bond motifs is 7. The molecule has 0 aromatic heterocycles. The van der Waals surface area contributed by atoms with E-state index in [0.29, 0.717) is 12.3 Å². The number of aliphatic hydroxyl groups excluding tert-OH is 1. The van der Waals surface area contributed by atoms with Crippen LogP contribution >= 0.6 is 0 Å². The van der Waals surface area contributed by atoms with E-state index in [4.69, 9.17) is 0 Å². The van der Waals surface area contributed by atoms with Crippen molar-refractivity contribution in [2.75, 3.05) is 0 Å². The number of allylic oxidation sites excluding steroid dienone is 2. The van der Waals surface area contributed by atoms with Gasteiger partial charge in [-0.25, -0.2) is 0 Å². The first-order chi connectivity index (χ1) is 15.6. The zero-order chi connectivity index (χ0) is 25.1. The summed E-state index contributed by atoms with van der Waals surface area (Å²) in [5.41, 5.74) is 0.142. The van der Waals surface area contributed by atoms with E-state index in [-0.39, 0.29) is 102 Å². The summed E-state index contributed by atoms with van der Waals surface area (Å²) < 4.78 is 0. The van der Waals surface area contributed by atoms with Crippen LogP contribution < -0.4 is 0 Å². The molecule has 0 spiro atoms. The fourth-order valence-corrected chi connectivity index (χ4v) is 10.4. The first kappa shape index (κ1) is 28.5. The Bertz CT molecular complexity index is 971. The molecule has 0 unspecified atom stereocenters. The van der Waals surface area contributed by atoms with Crippen molar-refractivity contribution in [3.8, 4) is 0 Å². The maximum Gasteiger partial charge on any atom is 0.309 e. The first-order valence-corrected chi connectivity index (χ1v) is 13.7. The average Bonchev–Trinajstić information content (AvgIpc) is 2.73. The van der Waals surface area contributed by atoms with Crippen molar-refractivity contribution in [1.29, 1.82) is 0 Å². The SMILES string of the molecule is CC1(C)[C@@H](O)CC[C@]2(C)[C@H]3C(=O)C=C4[C@@H]5C[C@@](C)(C(=O)O)CC[C@]5(C)CC[C@@]4(C)[C@]3(C)CC[C@@H]12.[K]. The molecule has 5 rings (SSSR count). The minimum Gasteiger partial charge on any atom is -0.481 e. The second-order valence-corrected chi connectivity index (χ2v) is 14.9. The molecule has 0 amide bonds. The third-order valence-electron chi connectivity index (χ3n) is 13.1. The predicted octanol–water partition coefficient (Wildman–Crippen LogP) is 6.03. The third kappa shape index (κ3) is 3.60. The average molecular weight is 510 g/mol. The number of aliphatic carboxylic acids is 1. The van der Waals surface area contributed by atoms with E-state index in [2.05, 4.69) is 41.5 Å². The summed E-state index contributed by atoms with van der Waals surface area (Å²) in [7, 11) is 0. The molecule has 1 radical (unpaired) electrons. The minimum atomic E-state index is -0.711. The largest absolute Gasteiger partial charge is 0.481 e. The van der Waals surface area contributed by atoms with Crippen LogP contribution in [-0.2, 0) is 9.59 Å². The zero-order valence-corrected chi connectivity index (χ0v) is 26.6. The van der Waals surface area contributed by atoms with Crippen molar-refractivity contribution in [2.45, 2.75) is 112 Å². The van der Waals surface area contributed by atoms with Crippen LogP contribution in [-0.4, -0.2) is 79.5 Å². The van der Waals surface area contributed by atoms with Crippen molar-refractivity contribution in [1.82, 2.24) is 0 Å². The topological polar surface area (TPSA) is 74.6 Å². The molecule has 191 valence electrons. The van der Waals surface area contributed by atoms with E-state index in [0.717, 1.165) is 51.4 Å². The van der Waals surface area contributed by atoms with E-state index in [9.17, 15) is 19.8 Å². The second kappa shape index (κ2) is 8.49. The number of ketones is 1. The summed E-state index contributed by atoms with van der Waals surface area (Å²) in [6.07, 6.45) is 9.95. The summed E-state index contributed by atoms with van der Waals surface area (Å²) in [6.45, 7) is 15.8. The number of carbonyl (C=O) groups excluding carboxylic acids is 1. The Morgan fingerprint density at radius 1 is 0.914 bits per heavy atom. The van der Waals surface area contributed by atoms with Crippen LogP contribution in [0.2, 0.25) is 0 Å². The first-order valence-electron chi connectivity index (χ1n) is 13.7. The smallest absolute Gasteiger partial charge is 0.309 e. The molecule has 0 heterocycles. The third-order valence-corrected chi connectivity index (χ3v) is 13.1. The maximum atomic E-state index is 14.2. The Labute approximate surface area is 254 Å². The van der Waals surface area contributed by atoms with Gasteiger partial charge in [-0.3, -0.25) is 9.59 Å². The standard InChI is InChI=1S/C30H46O4.K/c1-25(2)21-8-11-30(7)23(28(21,5)10-9-22(25)32)20(31)16-18-19-17-27(4,24(33)34)13-12-26(19,3)14-15-29(18,30)6;/h16,19,21-23,32H,8-15,17H2,1-7H3,(H,33,34);/t19-,21-,22-,23+,26+,27-,28-,29+,30+;/m0./s1. The Balaban J connectivity index is 0.00000289. The summed E-state index contributed by atoms with van der Waals surface area (Å²) in [5.74, 6) is 0.0603. The molecule has 0 aromatic carbocycles. The number of aliphatic hydroxyl groups is 1. The van der Waals surface area contributed by atoms with Crippen LogP contribution in [0.5, 0.6) is 0 Å². The Kier molecular flexibility index (Phi) is 6.91. The molecule has 4 nitrogen and oxygen atoms in total. The number of carbonyl (C=O) groups is 2. The fraction of sp³-hybridized carbons (Fsp3) is 0.867. The number of hydrogen-bond acceptors (Lipinski definition) is 3. The number of carboxylic acid groups (broad SMARTS) is 1. The molecule has 4 saturated carbocycles. The monoisotopic (exact) mass is 509 g/mol. The summed E-state index contributed by atoms with van der Waals surface area (Å²) in [5, 5.41) is 20.9. The molecule has 0 bridgehead atoms. The van der Waals surface area contributed by atoms with Crippen molar-refractivity contribution >= 4 is 63.1 Å². The van der Waals surface area contributed by atoms with E-state index < -0.39 is 11.4 Å². The van der Waals surface area contributed by atoms with Crippen LogP contribution in [0.25, 0.3) is 0 Å². The van der Waals surface area contributed by atoms with Gasteiger partial charge in [-0.15, -0.1) is 0 Å². The number of rotatable bonds is 1. The maximum absolute atomic E-state index is 14.2. The van der Waals surface area contributed by atoms with Crippen LogP contribution in [0.3, 0.4) is 0 Å². The van der Waals surface area contributed by atoms with Crippen molar-refractivity contribution in [2.24, 2.45) is 50.2 Å². The molecule has 5 aliphatic carbocycles.